The molecule has 2 aromatic heterocycles. The average molecular weight is 282 g/mol. The Morgan fingerprint density at radius 3 is 2.83 bits per heavy atom. The number of amides is 1. The van der Waals surface area contributed by atoms with Gasteiger partial charge in [0, 0.05) is 23.4 Å². The van der Waals surface area contributed by atoms with E-state index >= 15 is 0 Å². The van der Waals surface area contributed by atoms with Crippen LogP contribution < -0.4 is 0 Å². The molecule has 0 aliphatic heterocycles. The molecule has 0 saturated heterocycles. The van der Waals surface area contributed by atoms with Crippen LogP contribution in [-0.4, -0.2) is 40.5 Å². The SMILES string of the molecule is CN(CC(=O)O)C(=O)c1csc(-c2ccsc2)n1. The highest BCUT2D eigenvalue weighted by atomic mass is 32.1. The van der Waals surface area contributed by atoms with Crippen molar-refractivity contribution in [1.82, 2.24) is 9.88 Å². The van der Waals surface area contributed by atoms with E-state index in [0.29, 0.717) is 0 Å². The summed E-state index contributed by atoms with van der Waals surface area (Å²) in [5, 5.41) is 14.9. The van der Waals surface area contributed by atoms with Gasteiger partial charge in [-0.25, -0.2) is 4.98 Å². The van der Waals surface area contributed by atoms with Crippen LogP contribution in [0.4, 0.5) is 0 Å². The van der Waals surface area contributed by atoms with Crippen LogP contribution in [0.3, 0.4) is 0 Å². The minimum absolute atomic E-state index is 0.282. The van der Waals surface area contributed by atoms with E-state index in [1.165, 1.54) is 18.4 Å². The fraction of sp³-hybridized carbons (Fsp3) is 0.182. The Bertz CT molecular complexity index is 563. The molecule has 0 aliphatic rings. The molecule has 7 heteroatoms. The molecule has 2 aromatic rings. The topological polar surface area (TPSA) is 70.5 Å². The van der Waals surface area contributed by atoms with Crippen LogP contribution in [0.25, 0.3) is 10.6 Å². The summed E-state index contributed by atoms with van der Waals surface area (Å²) in [5.41, 5.74) is 1.26. The predicted octanol–water partition coefficient (Wildman–Crippen LogP) is 2.03. The number of thiophene rings is 1. The summed E-state index contributed by atoms with van der Waals surface area (Å²) in [4.78, 5) is 27.8. The Labute approximate surface area is 111 Å². The van der Waals surface area contributed by atoms with Crippen LogP contribution in [-0.2, 0) is 4.79 Å². The van der Waals surface area contributed by atoms with Gasteiger partial charge in [-0.05, 0) is 11.4 Å². The first-order valence-electron chi connectivity index (χ1n) is 5.03. The van der Waals surface area contributed by atoms with Gasteiger partial charge in [0.1, 0.15) is 17.2 Å². The predicted molar refractivity (Wildman–Crippen MR) is 70.0 cm³/mol. The average Bonchev–Trinajstić information content (AvgIpc) is 2.97. The van der Waals surface area contributed by atoms with Gasteiger partial charge < -0.3 is 10.0 Å². The maximum atomic E-state index is 11.9. The largest absolute Gasteiger partial charge is 0.480 e. The number of nitrogens with zero attached hydrogens (tertiary/aromatic N) is 2. The summed E-state index contributed by atoms with van der Waals surface area (Å²) in [7, 11) is 1.44. The van der Waals surface area contributed by atoms with Gasteiger partial charge in [-0.15, -0.1) is 11.3 Å². The molecule has 0 bridgehead atoms. The lowest BCUT2D eigenvalue weighted by Crippen LogP contribution is -2.32. The molecular weight excluding hydrogens is 272 g/mol. The number of hydrogen-bond donors (Lipinski definition) is 1. The first-order chi connectivity index (χ1) is 8.58. The molecule has 0 atom stereocenters. The van der Waals surface area contributed by atoms with Gasteiger partial charge in [-0.2, -0.15) is 11.3 Å². The van der Waals surface area contributed by atoms with Crippen LogP contribution in [0.15, 0.2) is 22.2 Å². The second-order valence-corrected chi connectivity index (χ2v) is 5.24. The Balaban J connectivity index is 2.15. The highest BCUT2D eigenvalue weighted by Crippen LogP contribution is 2.25. The number of carboxylic acids is 1. The molecule has 2 heterocycles. The Morgan fingerprint density at radius 1 is 1.44 bits per heavy atom. The smallest absolute Gasteiger partial charge is 0.323 e. The second-order valence-electron chi connectivity index (χ2n) is 3.60. The third-order valence-corrected chi connectivity index (χ3v) is 3.79. The van der Waals surface area contributed by atoms with Crippen LogP contribution in [0.1, 0.15) is 10.5 Å². The van der Waals surface area contributed by atoms with Crippen molar-refractivity contribution < 1.29 is 14.7 Å². The van der Waals surface area contributed by atoms with Gasteiger partial charge in [0.2, 0.25) is 0 Å². The Hall–Kier alpha value is -1.73. The quantitative estimate of drug-likeness (QED) is 0.931. The lowest BCUT2D eigenvalue weighted by atomic mass is 10.3. The Kier molecular flexibility index (Phi) is 3.73. The molecular formula is C11H10N2O3S2. The van der Waals surface area contributed by atoms with E-state index in [1.807, 2.05) is 16.8 Å². The lowest BCUT2D eigenvalue weighted by molar-refractivity contribution is -0.137. The summed E-state index contributed by atoms with van der Waals surface area (Å²) in [6.07, 6.45) is 0. The summed E-state index contributed by atoms with van der Waals surface area (Å²) in [5.74, 6) is -1.42. The van der Waals surface area contributed by atoms with Gasteiger partial charge >= 0.3 is 5.97 Å². The van der Waals surface area contributed by atoms with E-state index in [2.05, 4.69) is 4.98 Å². The van der Waals surface area contributed by atoms with E-state index in [0.717, 1.165) is 15.5 Å². The van der Waals surface area contributed by atoms with Gasteiger partial charge in [0.15, 0.2) is 0 Å². The molecule has 94 valence electrons. The zero-order chi connectivity index (χ0) is 13.1. The van der Waals surface area contributed by atoms with Crippen molar-refractivity contribution in [1.29, 1.82) is 0 Å². The minimum Gasteiger partial charge on any atom is -0.480 e. The van der Waals surface area contributed by atoms with Gasteiger partial charge in [-0.3, -0.25) is 9.59 Å². The monoisotopic (exact) mass is 282 g/mol. The number of carboxylic acid groups (broad SMARTS) is 1. The third-order valence-electron chi connectivity index (χ3n) is 2.21. The molecule has 0 radical (unpaired) electrons. The maximum Gasteiger partial charge on any atom is 0.323 e. The van der Waals surface area contributed by atoms with Crippen molar-refractivity contribution in [2.24, 2.45) is 0 Å². The van der Waals surface area contributed by atoms with Crippen molar-refractivity contribution >= 4 is 34.6 Å². The number of carbonyl (C=O) groups excluding carboxylic acids is 1. The van der Waals surface area contributed by atoms with E-state index in [9.17, 15) is 9.59 Å². The van der Waals surface area contributed by atoms with Gasteiger partial charge in [0.25, 0.3) is 5.91 Å². The molecule has 1 N–H and O–H groups in total. The van der Waals surface area contributed by atoms with E-state index < -0.39 is 5.97 Å². The van der Waals surface area contributed by atoms with Crippen LogP contribution >= 0.6 is 22.7 Å². The van der Waals surface area contributed by atoms with E-state index in [4.69, 9.17) is 5.11 Å². The fourth-order valence-electron chi connectivity index (χ4n) is 1.36. The molecule has 2 rings (SSSR count). The normalized spacial score (nSPS) is 10.3. The lowest BCUT2D eigenvalue weighted by Gasteiger charge is -2.12. The standard InChI is InChI=1S/C11H10N2O3S2/c1-13(4-9(14)15)11(16)8-6-18-10(12-8)7-2-3-17-5-7/h2-3,5-6H,4H2,1H3,(H,14,15). The molecule has 1 amide bonds. The minimum atomic E-state index is -1.04. The zero-order valence-electron chi connectivity index (χ0n) is 9.49. The first-order valence-corrected chi connectivity index (χ1v) is 6.85. The van der Waals surface area contributed by atoms with Gasteiger partial charge in [0.05, 0.1) is 0 Å². The first kappa shape index (κ1) is 12.7. The number of aliphatic carboxylic acids is 1. The van der Waals surface area contributed by atoms with Crippen molar-refractivity contribution in [3.8, 4) is 10.6 Å². The van der Waals surface area contributed by atoms with Crippen LogP contribution in [0.5, 0.6) is 0 Å². The molecule has 0 aliphatic carbocycles. The molecule has 18 heavy (non-hydrogen) atoms. The summed E-state index contributed by atoms with van der Waals surface area (Å²) in [6.45, 7) is -0.329. The molecule has 0 unspecified atom stereocenters. The highest BCUT2D eigenvalue weighted by molar-refractivity contribution is 7.14. The van der Waals surface area contributed by atoms with Crippen molar-refractivity contribution in [2.75, 3.05) is 13.6 Å². The number of hydrogen-bond acceptors (Lipinski definition) is 5. The van der Waals surface area contributed by atoms with Crippen LogP contribution in [0, 0.1) is 0 Å². The van der Waals surface area contributed by atoms with Crippen LogP contribution in [0.2, 0.25) is 0 Å². The number of rotatable bonds is 4. The van der Waals surface area contributed by atoms with E-state index in [-0.39, 0.29) is 18.1 Å². The third kappa shape index (κ3) is 2.74. The summed E-state index contributed by atoms with van der Waals surface area (Å²) < 4.78 is 0. The fourth-order valence-corrected chi connectivity index (χ4v) is 2.87. The summed E-state index contributed by atoms with van der Waals surface area (Å²) in [6, 6.07) is 1.93. The molecule has 5 nitrogen and oxygen atoms in total. The molecule has 0 saturated carbocycles. The van der Waals surface area contributed by atoms with Crippen molar-refractivity contribution in [3.05, 3.63) is 27.9 Å². The van der Waals surface area contributed by atoms with Crippen molar-refractivity contribution in [3.63, 3.8) is 0 Å². The number of aromatic nitrogens is 1. The maximum absolute atomic E-state index is 11.9. The number of likely N-dealkylation sites (N-methyl/N-ethyl adjacent to an activating group) is 1. The molecule has 0 fully saturated rings. The highest BCUT2D eigenvalue weighted by Gasteiger charge is 2.17. The van der Waals surface area contributed by atoms with Gasteiger partial charge in [-0.1, -0.05) is 0 Å². The van der Waals surface area contributed by atoms with Crippen molar-refractivity contribution in [2.45, 2.75) is 0 Å². The summed E-state index contributed by atoms with van der Waals surface area (Å²) >= 11 is 2.93. The second kappa shape index (κ2) is 5.28. The van der Waals surface area contributed by atoms with E-state index in [1.54, 1.807) is 16.7 Å². The molecule has 0 spiro atoms. The Morgan fingerprint density at radius 2 is 2.22 bits per heavy atom. The molecule has 0 aromatic carbocycles. The number of thiazole rings is 1. The zero-order valence-corrected chi connectivity index (χ0v) is 11.1. The number of carbonyl (C=O) groups is 2.